The van der Waals surface area contributed by atoms with E-state index in [4.69, 9.17) is 4.74 Å². The molecule has 0 unspecified atom stereocenters. The van der Waals surface area contributed by atoms with Crippen LogP contribution in [-0.4, -0.2) is 18.4 Å². The average molecular weight is 388 g/mol. The smallest absolute Gasteiger partial charge is 0.255 e. The van der Waals surface area contributed by atoms with Crippen molar-refractivity contribution in [2.75, 3.05) is 17.2 Å². The summed E-state index contributed by atoms with van der Waals surface area (Å²) in [5.41, 5.74) is 3.49. The summed E-state index contributed by atoms with van der Waals surface area (Å²) in [6.07, 6.45) is 0.934. The molecular formula is C24H24N2O3. The second kappa shape index (κ2) is 9.55. The van der Waals surface area contributed by atoms with E-state index in [1.54, 1.807) is 54.6 Å². The van der Waals surface area contributed by atoms with Crippen LogP contribution < -0.4 is 15.4 Å². The molecule has 0 aliphatic carbocycles. The molecule has 148 valence electrons. The van der Waals surface area contributed by atoms with Crippen molar-refractivity contribution in [3.05, 3.63) is 89.5 Å². The van der Waals surface area contributed by atoms with Crippen LogP contribution in [0.4, 0.5) is 11.4 Å². The zero-order valence-corrected chi connectivity index (χ0v) is 16.6. The Morgan fingerprint density at radius 2 is 1.38 bits per heavy atom. The number of benzene rings is 3. The van der Waals surface area contributed by atoms with Crippen LogP contribution in [0.25, 0.3) is 0 Å². The molecule has 0 heterocycles. The lowest BCUT2D eigenvalue weighted by atomic mass is 10.1. The highest BCUT2D eigenvalue weighted by Crippen LogP contribution is 2.17. The van der Waals surface area contributed by atoms with Crippen LogP contribution in [0.5, 0.6) is 5.75 Å². The van der Waals surface area contributed by atoms with Gasteiger partial charge in [0.05, 0.1) is 6.61 Å². The van der Waals surface area contributed by atoms with Crippen LogP contribution in [0.3, 0.4) is 0 Å². The number of rotatable bonds is 7. The number of ether oxygens (including phenoxy) is 1. The number of anilines is 2. The Balaban J connectivity index is 1.58. The summed E-state index contributed by atoms with van der Waals surface area (Å²) < 4.78 is 5.53. The molecule has 0 atom stereocenters. The predicted octanol–water partition coefficient (Wildman–Crippen LogP) is 5.29. The molecule has 5 nitrogen and oxygen atoms in total. The van der Waals surface area contributed by atoms with Crippen LogP contribution in [-0.2, 0) is 0 Å². The maximum Gasteiger partial charge on any atom is 0.255 e. The first-order valence-electron chi connectivity index (χ1n) is 9.57. The first-order valence-corrected chi connectivity index (χ1v) is 9.57. The first kappa shape index (κ1) is 20.1. The fourth-order valence-electron chi connectivity index (χ4n) is 2.75. The normalized spacial score (nSPS) is 10.3. The third kappa shape index (κ3) is 5.69. The van der Waals surface area contributed by atoms with Crippen LogP contribution in [0.15, 0.2) is 72.8 Å². The van der Waals surface area contributed by atoms with Gasteiger partial charge in [-0.2, -0.15) is 0 Å². The zero-order chi connectivity index (χ0) is 20.6. The van der Waals surface area contributed by atoms with Gasteiger partial charge in [-0.25, -0.2) is 0 Å². The molecule has 0 aliphatic heterocycles. The van der Waals surface area contributed by atoms with Gasteiger partial charge in [-0.05, 0) is 74.0 Å². The van der Waals surface area contributed by atoms with Crippen molar-refractivity contribution in [1.82, 2.24) is 0 Å². The second-order valence-corrected chi connectivity index (χ2v) is 6.73. The standard InChI is InChI=1S/C24H24N2O3/c1-3-15-29-22-13-7-18(8-14-22)23(27)25-20-9-11-21(12-10-20)26-24(28)19-6-4-5-17(2)16-19/h4-14,16H,3,15H2,1-2H3,(H,25,27)(H,26,28). The van der Waals surface area contributed by atoms with E-state index in [0.717, 1.165) is 17.7 Å². The van der Waals surface area contributed by atoms with Crippen molar-refractivity contribution in [3.8, 4) is 5.75 Å². The number of nitrogens with one attached hydrogen (secondary N) is 2. The lowest BCUT2D eigenvalue weighted by Gasteiger charge is -2.09. The van der Waals surface area contributed by atoms with Gasteiger partial charge in [-0.3, -0.25) is 9.59 Å². The molecule has 29 heavy (non-hydrogen) atoms. The molecule has 3 rings (SSSR count). The van der Waals surface area contributed by atoms with E-state index in [0.29, 0.717) is 29.1 Å². The van der Waals surface area contributed by atoms with Gasteiger partial charge in [0.2, 0.25) is 0 Å². The van der Waals surface area contributed by atoms with Crippen molar-refractivity contribution in [2.45, 2.75) is 20.3 Å². The molecule has 0 spiro atoms. The fraction of sp³-hybridized carbons (Fsp3) is 0.167. The van der Waals surface area contributed by atoms with Crippen molar-refractivity contribution >= 4 is 23.2 Å². The summed E-state index contributed by atoms with van der Waals surface area (Å²) in [4.78, 5) is 24.7. The van der Waals surface area contributed by atoms with Crippen LogP contribution in [0, 0.1) is 6.92 Å². The lowest BCUT2D eigenvalue weighted by Crippen LogP contribution is -2.13. The number of aryl methyl sites for hydroxylation is 1. The number of hydrogen-bond acceptors (Lipinski definition) is 3. The Morgan fingerprint density at radius 1 is 0.793 bits per heavy atom. The number of carbonyl (C=O) groups is 2. The van der Waals surface area contributed by atoms with Gasteiger partial charge in [-0.1, -0.05) is 24.6 Å². The maximum absolute atomic E-state index is 12.4. The van der Waals surface area contributed by atoms with Gasteiger partial charge in [0.15, 0.2) is 0 Å². The van der Waals surface area contributed by atoms with Gasteiger partial charge in [0.25, 0.3) is 11.8 Å². The lowest BCUT2D eigenvalue weighted by molar-refractivity contribution is 0.101. The van der Waals surface area contributed by atoms with Crippen molar-refractivity contribution < 1.29 is 14.3 Å². The molecule has 2 N–H and O–H groups in total. The zero-order valence-electron chi connectivity index (χ0n) is 16.6. The Kier molecular flexibility index (Phi) is 6.63. The van der Waals surface area contributed by atoms with Gasteiger partial charge < -0.3 is 15.4 Å². The van der Waals surface area contributed by atoms with E-state index in [1.165, 1.54) is 0 Å². The minimum atomic E-state index is -0.205. The highest BCUT2D eigenvalue weighted by atomic mass is 16.5. The highest BCUT2D eigenvalue weighted by molar-refractivity contribution is 6.05. The Bertz CT molecular complexity index is 980. The second-order valence-electron chi connectivity index (χ2n) is 6.73. The van der Waals surface area contributed by atoms with Crippen LogP contribution in [0.1, 0.15) is 39.6 Å². The molecule has 0 radical (unpaired) electrons. The van der Waals surface area contributed by atoms with Crippen LogP contribution in [0.2, 0.25) is 0 Å². The Hall–Kier alpha value is -3.60. The molecule has 5 heteroatoms. The summed E-state index contributed by atoms with van der Waals surface area (Å²) >= 11 is 0. The predicted molar refractivity (Wildman–Crippen MR) is 116 cm³/mol. The summed E-state index contributed by atoms with van der Waals surface area (Å²) in [6, 6.07) is 21.5. The van der Waals surface area contributed by atoms with E-state index in [1.807, 2.05) is 32.0 Å². The van der Waals surface area contributed by atoms with Crippen LogP contribution >= 0.6 is 0 Å². The molecule has 0 aromatic heterocycles. The van der Waals surface area contributed by atoms with E-state index >= 15 is 0 Å². The molecule has 2 amide bonds. The molecule has 3 aromatic carbocycles. The van der Waals surface area contributed by atoms with E-state index in [-0.39, 0.29) is 11.8 Å². The Labute approximate surface area is 170 Å². The van der Waals surface area contributed by atoms with Crippen molar-refractivity contribution in [3.63, 3.8) is 0 Å². The monoisotopic (exact) mass is 388 g/mol. The van der Waals surface area contributed by atoms with E-state index in [9.17, 15) is 9.59 Å². The summed E-state index contributed by atoms with van der Waals surface area (Å²) in [6.45, 7) is 4.64. The maximum atomic E-state index is 12.4. The molecule has 0 aliphatic rings. The largest absolute Gasteiger partial charge is 0.494 e. The first-order chi connectivity index (χ1) is 14.0. The van der Waals surface area contributed by atoms with E-state index in [2.05, 4.69) is 10.6 Å². The van der Waals surface area contributed by atoms with E-state index < -0.39 is 0 Å². The summed E-state index contributed by atoms with van der Waals surface area (Å²) in [5.74, 6) is 0.372. The topological polar surface area (TPSA) is 67.4 Å². The third-order valence-corrected chi connectivity index (χ3v) is 4.27. The third-order valence-electron chi connectivity index (χ3n) is 4.27. The molecule has 3 aromatic rings. The number of hydrogen-bond donors (Lipinski definition) is 2. The van der Waals surface area contributed by atoms with Gasteiger partial charge in [0.1, 0.15) is 5.75 Å². The highest BCUT2D eigenvalue weighted by Gasteiger charge is 2.08. The molecule has 0 saturated heterocycles. The quantitative estimate of drug-likeness (QED) is 0.578. The van der Waals surface area contributed by atoms with Gasteiger partial charge >= 0.3 is 0 Å². The molecule has 0 saturated carbocycles. The van der Waals surface area contributed by atoms with Crippen molar-refractivity contribution in [1.29, 1.82) is 0 Å². The van der Waals surface area contributed by atoms with Crippen molar-refractivity contribution in [2.24, 2.45) is 0 Å². The number of amides is 2. The fourth-order valence-corrected chi connectivity index (χ4v) is 2.75. The Morgan fingerprint density at radius 3 is 1.93 bits per heavy atom. The SMILES string of the molecule is CCCOc1ccc(C(=O)Nc2ccc(NC(=O)c3cccc(C)c3)cc2)cc1. The molecule has 0 bridgehead atoms. The molecular weight excluding hydrogens is 364 g/mol. The minimum absolute atomic E-state index is 0.170. The minimum Gasteiger partial charge on any atom is -0.494 e. The average Bonchev–Trinajstić information content (AvgIpc) is 2.74. The summed E-state index contributed by atoms with van der Waals surface area (Å²) in [7, 11) is 0. The van der Waals surface area contributed by atoms with Gasteiger partial charge in [0, 0.05) is 22.5 Å². The summed E-state index contributed by atoms with van der Waals surface area (Å²) in [5, 5.41) is 5.70. The van der Waals surface area contributed by atoms with Gasteiger partial charge in [-0.15, -0.1) is 0 Å². The molecule has 0 fully saturated rings. The number of carbonyl (C=O) groups excluding carboxylic acids is 2.